The molecule has 0 bridgehead atoms. The normalized spacial score (nSPS) is 12.3. The van der Waals surface area contributed by atoms with Gasteiger partial charge in [0, 0.05) is 15.0 Å². The van der Waals surface area contributed by atoms with Crippen LogP contribution in [0, 0.1) is 11.6 Å². The van der Waals surface area contributed by atoms with Gasteiger partial charge in [0.1, 0.15) is 5.75 Å². The first-order chi connectivity index (χ1) is 9.38. The Morgan fingerprint density at radius 1 is 1.15 bits per heavy atom. The van der Waals surface area contributed by atoms with Crippen molar-refractivity contribution in [2.45, 2.75) is 13.0 Å². The SMILES string of the molecule is CC(N)c1ccc(Oc2cc(Br)cc(F)c2F)cc1Br. The van der Waals surface area contributed by atoms with Crippen molar-refractivity contribution in [2.24, 2.45) is 5.73 Å². The van der Waals surface area contributed by atoms with Crippen molar-refractivity contribution in [1.29, 1.82) is 0 Å². The topological polar surface area (TPSA) is 35.2 Å². The van der Waals surface area contributed by atoms with Gasteiger partial charge in [0.15, 0.2) is 11.6 Å². The fourth-order valence-electron chi connectivity index (χ4n) is 1.67. The third kappa shape index (κ3) is 3.37. The maximum atomic E-state index is 13.6. The van der Waals surface area contributed by atoms with E-state index in [2.05, 4.69) is 31.9 Å². The lowest BCUT2D eigenvalue weighted by molar-refractivity contribution is 0.415. The van der Waals surface area contributed by atoms with Crippen LogP contribution in [0.2, 0.25) is 0 Å². The lowest BCUT2D eigenvalue weighted by atomic mass is 10.1. The molecule has 0 aromatic heterocycles. The molecule has 2 rings (SSSR count). The monoisotopic (exact) mass is 405 g/mol. The van der Waals surface area contributed by atoms with Crippen molar-refractivity contribution in [2.75, 3.05) is 0 Å². The van der Waals surface area contributed by atoms with Crippen LogP contribution in [0.25, 0.3) is 0 Å². The van der Waals surface area contributed by atoms with Gasteiger partial charge in [-0.1, -0.05) is 37.9 Å². The summed E-state index contributed by atoms with van der Waals surface area (Å²) in [7, 11) is 0. The summed E-state index contributed by atoms with van der Waals surface area (Å²) in [6, 6.07) is 7.36. The molecule has 2 aromatic rings. The van der Waals surface area contributed by atoms with Gasteiger partial charge in [0.2, 0.25) is 5.82 Å². The van der Waals surface area contributed by atoms with Gasteiger partial charge in [-0.15, -0.1) is 0 Å². The highest BCUT2D eigenvalue weighted by molar-refractivity contribution is 9.10. The first-order valence-electron chi connectivity index (χ1n) is 5.76. The van der Waals surface area contributed by atoms with E-state index in [1.807, 2.05) is 6.92 Å². The summed E-state index contributed by atoms with van der Waals surface area (Å²) < 4.78 is 33.4. The van der Waals surface area contributed by atoms with Crippen LogP contribution in [0.15, 0.2) is 39.3 Å². The van der Waals surface area contributed by atoms with Gasteiger partial charge < -0.3 is 10.5 Å². The van der Waals surface area contributed by atoms with Gasteiger partial charge in [-0.3, -0.25) is 0 Å². The van der Waals surface area contributed by atoms with Crippen LogP contribution in [0.4, 0.5) is 8.78 Å². The zero-order valence-electron chi connectivity index (χ0n) is 10.5. The van der Waals surface area contributed by atoms with Crippen LogP contribution in [0.3, 0.4) is 0 Å². The molecule has 6 heteroatoms. The van der Waals surface area contributed by atoms with Gasteiger partial charge in [-0.05, 0) is 36.8 Å². The lowest BCUT2D eigenvalue weighted by Crippen LogP contribution is -2.05. The molecule has 0 heterocycles. The quantitative estimate of drug-likeness (QED) is 0.701. The van der Waals surface area contributed by atoms with E-state index in [0.29, 0.717) is 10.2 Å². The minimum Gasteiger partial charge on any atom is -0.454 e. The lowest BCUT2D eigenvalue weighted by Gasteiger charge is -2.12. The Hall–Kier alpha value is -0.980. The van der Waals surface area contributed by atoms with Crippen molar-refractivity contribution < 1.29 is 13.5 Å². The minimum absolute atomic E-state index is 0.140. The third-order valence-electron chi connectivity index (χ3n) is 2.65. The Labute approximate surface area is 132 Å². The van der Waals surface area contributed by atoms with Crippen LogP contribution >= 0.6 is 31.9 Å². The predicted molar refractivity (Wildman–Crippen MR) is 80.9 cm³/mol. The molecule has 106 valence electrons. The Morgan fingerprint density at radius 2 is 1.85 bits per heavy atom. The van der Waals surface area contributed by atoms with E-state index in [0.717, 1.165) is 16.1 Å². The largest absolute Gasteiger partial charge is 0.454 e. The van der Waals surface area contributed by atoms with Crippen molar-refractivity contribution in [3.63, 3.8) is 0 Å². The Kier molecular flexibility index (Phi) is 4.78. The Bertz CT molecular complexity index is 647. The third-order valence-corrected chi connectivity index (χ3v) is 3.79. The summed E-state index contributed by atoms with van der Waals surface area (Å²) >= 11 is 6.46. The van der Waals surface area contributed by atoms with Gasteiger partial charge in [-0.25, -0.2) is 4.39 Å². The second kappa shape index (κ2) is 6.20. The molecule has 1 unspecified atom stereocenters. The molecule has 0 spiro atoms. The molecule has 1 atom stereocenters. The molecule has 2 aromatic carbocycles. The molecule has 0 aliphatic carbocycles. The van der Waals surface area contributed by atoms with Crippen LogP contribution in [-0.2, 0) is 0 Å². The van der Waals surface area contributed by atoms with Crippen molar-refractivity contribution in [1.82, 2.24) is 0 Å². The van der Waals surface area contributed by atoms with Crippen LogP contribution in [0.1, 0.15) is 18.5 Å². The summed E-state index contributed by atoms with van der Waals surface area (Å²) in [4.78, 5) is 0. The molecular formula is C14H11Br2F2NO. The molecular weight excluding hydrogens is 396 g/mol. The highest BCUT2D eigenvalue weighted by atomic mass is 79.9. The van der Waals surface area contributed by atoms with E-state index in [4.69, 9.17) is 10.5 Å². The van der Waals surface area contributed by atoms with E-state index < -0.39 is 11.6 Å². The van der Waals surface area contributed by atoms with Gasteiger partial charge in [0.25, 0.3) is 0 Å². The first kappa shape index (κ1) is 15.4. The van der Waals surface area contributed by atoms with Crippen LogP contribution in [-0.4, -0.2) is 0 Å². The summed E-state index contributed by atoms with van der Waals surface area (Å²) in [5.41, 5.74) is 6.70. The predicted octanol–water partition coefficient (Wildman–Crippen LogP) is 5.30. The van der Waals surface area contributed by atoms with Crippen LogP contribution in [0.5, 0.6) is 11.5 Å². The van der Waals surface area contributed by atoms with E-state index in [1.54, 1.807) is 18.2 Å². The second-order valence-electron chi connectivity index (χ2n) is 4.27. The van der Waals surface area contributed by atoms with E-state index in [9.17, 15) is 8.78 Å². The minimum atomic E-state index is -1.03. The standard InChI is InChI=1S/C14H11Br2F2NO/c1-7(19)10-3-2-9(6-11(10)16)20-13-5-8(15)4-12(17)14(13)18/h2-7H,19H2,1H3. The van der Waals surface area contributed by atoms with Gasteiger partial charge in [0.05, 0.1) is 0 Å². The molecule has 0 radical (unpaired) electrons. The molecule has 0 fully saturated rings. The zero-order chi connectivity index (χ0) is 14.9. The first-order valence-corrected chi connectivity index (χ1v) is 7.34. The maximum Gasteiger partial charge on any atom is 0.201 e. The van der Waals surface area contributed by atoms with Crippen LogP contribution < -0.4 is 10.5 Å². The number of rotatable bonds is 3. The van der Waals surface area contributed by atoms with E-state index >= 15 is 0 Å². The summed E-state index contributed by atoms with van der Waals surface area (Å²) in [5.74, 6) is -1.80. The van der Waals surface area contributed by atoms with Gasteiger partial charge >= 0.3 is 0 Å². The van der Waals surface area contributed by atoms with E-state index in [-0.39, 0.29) is 11.8 Å². The van der Waals surface area contributed by atoms with Crippen molar-refractivity contribution in [3.05, 3.63) is 56.5 Å². The average Bonchev–Trinajstić information content (AvgIpc) is 2.35. The number of benzene rings is 2. The fraction of sp³-hybridized carbons (Fsp3) is 0.143. The Balaban J connectivity index is 2.33. The molecule has 0 amide bonds. The van der Waals surface area contributed by atoms with Crippen molar-refractivity contribution in [3.8, 4) is 11.5 Å². The molecule has 20 heavy (non-hydrogen) atoms. The summed E-state index contributed by atoms with van der Waals surface area (Å²) in [5, 5.41) is 0. The highest BCUT2D eigenvalue weighted by Crippen LogP contribution is 2.32. The highest BCUT2D eigenvalue weighted by Gasteiger charge is 2.13. The molecule has 0 saturated carbocycles. The fourth-order valence-corrected chi connectivity index (χ4v) is 2.80. The summed E-state index contributed by atoms with van der Waals surface area (Å²) in [6.45, 7) is 1.85. The smallest absolute Gasteiger partial charge is 0.201 e. The molecule has 2 N–H and O–H groups in total. The molecule has 2 nitrogen and oxygen atoms in total. The van der Waals surface area contributed by atoms with Gasteiger partial charge in [-0.2, -0.15) is 4.39 Å². The number of ether oxygens (including phenoxy) is 1. The number of nitrogens with two attached hydrogens (primary N) is 1. The summed E-state index contributed by atoms with van der Waals surface area (Å²) in [6.07, 6.45) is 0. The maximum absolute atomic E-state index is 13.6. The molecule has 0 aliphatic rings. The number of hydrogen-bond donors (Lipinski definition) is 1. The number of halogens is 4. The van der Waals surface area contributed by atoms with E-state index in [1.165, 1.54) is 6.07 Å². The second-order valence-corrected chi connectivity index (χ2v) is 6.04. The molecule has 0 saturated heterocycles. The van der Waals surface area contributed by atoms with Crippen molar-refractivity contribution >= 4 is 31.9 Å². The number of hydrogen-bond acceptors (Lipinski definition) is 2. The molecule has 0 aliphatic heterocycles. The zero-order valence-corrected chi connectivity index (χ0v) is 13.6. The average molecular weight is 407 g/mol. The Morgan fingerprint density at radius 3 is 2.45 bits per heavy atom.